The molecule has 4 rings (SSSR count). The Bertz CT molecular complexity index is 728. The lowest BCUT2D eigenvalue weighted by Crippen LogP contribution is -2.61. The van der Waals surface area contributed by atoms with Crippen molar-refractivity contribution in [1.82, 2.24) is 0 Å². The van der Waals surface area contributed by atoms with Gasteiger partial charge in [0, 0.05) is 17.5 Å². The van der Waals surface area contributed by atoms with Crippen LogP contribution in [0.1, 0.15) is 65.4 Å². The molecule has 1 aromatic carbocycles. The fraction of sp³-hybridized carbons (Fsp3) is 0.714. The monoisotopic (exact) mass is 364 g/mol. The third kappa shape index (κ3) is 2.31. The minimum absolute atomic E-state index is 0.204. The predicted octanol–water partition coefficient (Wildman–Crippen LogP) is 5.69. The second-order valence-corrected chi connectivity index (χ2v) is 10.0. The van der Waals surface area contributed by atoms with E-state index in [1.54, 1.807) is 0 Å². The molecule has 0 saturated heterocycles. The quantitative estimate of drug-likeness (QED) is 0.581. The lowest BCUT2D eigenvalue weighted by atomic mass is 9.44. The van der Waals surface area contributed by atoms with Crippen LogP contribution in [0.4, 0.5) is 0 Å². The van der Waals surface area contributed by atoms with E-state index >= 15 is 0 Å². The molecule has 2 fully saturated rings. The summed E-state index contributed by atoms with van der Waals surface area (Å²) in [6.45, 7) is 9.52. The average Bonchev–Trinajstić information content (AvgIpc) is 2.50. The van der Waals surface area contributed by atoms with Gasteiger partial charge in [0.05, 0.1) is 5.02 Å². The fourth-order valence-corrected chi connectivity index (χ4v) is 6.82. The Balaban J connectivity index is 1.81. The molecule has 2 aliphatic carbocycles. The zero-order valence-corrected chi connectivity index (χ0v) is 16.4. The van der Waals surface area contributed by atoms with E-state index < -0.39 is 0 Å². The molecule has 3 aliphatic rings. The Hall–Kier alpha value is -1.09. The molecule has 0 unspecified atom stereocenters. The van der Waals surface area contributed by atoms with Crippen molar-refractivity contribution in [2.24, 2.45) is 22.7 Å². The summed E-state index contributed by atoms with van der Waals surface area (Å²) < 4.78 is 6.47. The lowest BCUT2D eigenvalue weighted by Gasteiger charge is -2.63. The molecule has 4 heteroatoms. The van der Waals surface area contributed by atoms with Crippen molar-refractivity contribution in [2.45, 2.75) is 71.8 Å². The number of rotatable bonds is 0. The first kappa shape index (κ1) is 17.3. The molecule has 2 saturated carbocycles. The zero-order chi connectivity index (χ0) is 18.2. The SMILES string of the molecule is CC1(C)CCC[C@]2(C)[C@H]3Cc4c(cc(O)c(O)c4Cl)O[C@]3(C)CC[C@@H]12. The highest BCUT2D eigenvalue weighted by Crippen LogP contribution is 2.65. The predicted molar refractivity (Wildman–Crippen MR) is 99.5 cm³/mol. The normalized spacial score (nSPS) is 38.9. The summed E-state index contributed by atoms with van der Waals surface area (Å²) >= 11 is 6.38. The molecule has 1 aromatic rings. The minimum Gasteiger partial charge on any atom is -0.504 e. The molecule has 25 heavy (non-hydrogen) atoms. The van der Waals surface area contributed by atoms with E-state index in [1.807, 2.05) is 0 Å². The Morgan fingerprint density at radius 2 is 1.80 bits per heavy atom. The summed E-state index contributed by atoms with van der Waals surface area (Å²) in [7, 11) is 0. The van der Waals surface area contributed by atoms with Gasteiger partial charge >= 0.3 is 0 Å². The van der Waals surface area contributed by atoms with Crippen LogP contribution < -0.4 is 4.74 Å². The molecule has 1 heterocycles. The van der Waals surface area contributed by atoms with Crippen LogP contribution in [0.25, 0.3) is 0 Å². The number of fused-ring (bicyclic) bond motifs is 4. The molecule has 4 atom stereocenters. The number of aromatic hydroxyl groups is 2. The molecule has 0 amide bonds. The Morgan fingerprint density at radius 3 is 2.52 bits per heavy atom. The maximum Gasteiger partial charge on any atom is 0.177 e. The van der Waals surface area contributed by atoms with Crippen LogP contribution in [0, 0.1) is 22.7 Å². The van der Waals surface area contributed by atoms with Crippen LogP contribution in [0.15, 0.2) is 6.07 Å². The fourth-order valence-electron chi connectivity index (χ4n) is 6.56. The molecule has 3 nitrogen and oxygen atoms in total. The topological polar surface area (TPSA) is 49.7 Å². The number of hydrogen-bond acceptors (Lipinski definition) is 3. The van der Waals surface area contributed by atoms with Crippen molar-refractivity contribution < 1.29 is 14.9 Å². The van der Waals surface area contributed by atoms with Gasteiger partial charge in [-0.1, -0.05) is 38.8 Å². The molecular weight excluding hydrogens is 336 g/mol. The highest BCUT2D eigenvalue weighted by molar-refractivity contribution is 6.33. The van der Waals surface area contributed by atoms with E-state index in [0.717, 1.165) is 18.4 Å². The number of halogens is 1. The molecule has 0 bridgehead atoms. The number of benzene rings is 1. The van der Waals surface area contributed by atoms with Gasteiger partial charge in [-0.3, -0.25) is 0 Å². The van der Waals surface area contributed by atoms with E-state index in [2.05, 4.69) is 27.7 Å². The standard InChI is InChI=1S/C21H29ClO3/c1-19(2)7-5-8-20(3)15(19)6-9-21(4)16(20)10-12-14(25-21)11-13(23)18(24)17(12)22/h11,15-16,23-24H,5-10H2,1-4H3/t15-,16+,20-,21+/m0/s1. The summed E-state index contributed by atoms with van der Waals surface area (Å²) in [6.07, 6.45) is 6.80. The highest BCUT2D eigenvalue weighted by atomic mass is 35.5. The van der Waals surface area contributed by atoms with Gasteiger partial charge in [-0.25, -0.2) is 0 Å². The van der Waals surface area contributed by atoms with E-state index in [1.165, 1.54) is 31.7 Å². The van der Waals surface area contributed by atoms with Gasteiger partial charge in [-0.05, 0) is 55.8 Å². The maximum absolute atomic E-state index is 10.1. The second kappa shape index (κ2) is 5.22. The molecular formula is C21H29ClO3. The molecule has 1 aliphatic heterocycles. The van der Waals surface area contributed by atoms with Gasteiger partial charge in [-0.15, -0.1) is 0 Å². The Labute approximate surface area is 155 Å². The largest absolute Gasteiger partial charge is 0.504 e. The van der Waals surface area contributed by atoms with Gasteiger partial charge in [-0.2, -0.15) is 0 Å². The molecule has 2 N–H and O–H groups in total. The van der Waals surface area contributed by atoms with Crippen molar-refractivity contribution in [2.75, 3.05) is 0 Å². The number of ether oxygens (including phenoxy) is 1. The van der Waals surface area contributed by atoms with Crippen molar-refractivity contribution in [3.8, 4) is 17.2 Å². The first-order valence-electron chi connectivity index (χ1n) is 9.51. The van der Waals surface area contributed by atoms with Gasteiger partial charge < -0.3 is 14.9 Å². The van der Waals surface area contributed by atoms with Crippen molar-refractivity contribution in [1.29, 1.82) is 0 Å². The molecule has 0 radical (unpaired) electrons. The molecule has 138 valence electrons. The Kier molecular flexibility index (Phi) is 3.62. The number of hydrogen-bond donors (Lipinski definition) is 2. The van der Waals surface area contributed by atoms with Gasteiger partial charge in [0.25, 0.3) is 0 Å². The van der Waals surface area contributed by atoms with Crippen LogP contribution in [0.5, 0.6) is 17.2 Å². The summed E-state index contributed by atoms with van der Waals surface area (Å²) in [6, 6.07) is 1.53. The van der Waals surface area contributed by atoms with Crippen LogP contribution >= 0.6 is 11.6 Å². The zero-order valence-electron chi connectivity index (χ0n) is 15.7. The van der Waals surface area contributed by atoms with Crippen molar-refractivity contribution in [3.63, 3.8) is 0 Å². The van der Waals surface area contributed by atoms with Crippen molar-refractivity contribution >= 4 is 11.6 Å². The van der Waals surface area contributed by atoms with Crippen LogP contribution in [0.2, 0.25) is 5.02 Å². The van der Waals surface area contributed by atoms with Crippen LogP contribution in [-0.2, 0) is 6.42 Å². The number of phenols is 2. The van der Waals surface area contributed by atoms with Crippen molar-refractivity contribution in [3.05, 3.63) is 16.7 Å². The van der Waals surface area contributed by atoms with Crippen LogP contribution in [-0.4, -0.2) is 15.8 Å². The second-order valence-electron chi connectivity index (χ2n) is 9.65. The van der Waals surface area contributed by atoms with E-state index in [9.17, 15) is 10.2 Å². The summed E-state index contributed by atoms with van der Waals surface area (Å²) in [5, 5.41) is 20.2. The number of phenolic OH excluding ortho intramolecular Hbond substituents is 2. The van der Waals surface area contributed by atoms with Gasteiger partial charge in [0.2, 0.25) is 0 Å². The maximum atomic E-state index is 10.1. The first-order valence-corrected chi connectivity index (χ1v) is 9.89. The van der Waals surface area contributed by atoms with Gasteiger partial charge in [0.1, 0.15) is 11.4 Å². The van der Waals surface area contributed by atoms with Gasteiger partial charge in [0.15, 0.2) is 11.5 Å². The smallest absolute Gasteiger partial charge is 0.177 e. The summed E-state index contributed by atoms with van der Waals surface area (Å²) in [5.74, 6) is 1.25. The third-order valence-electron chi connectivity index (χ3n) is 7.77. The summed E-state index contributed by atoms with van der Waals surface area (Å²) in [4.78, 5) is 0. The van der Waals surface area contributed by atoms with E-state index in [4.69, 9.17) is 16.3 Å². The van der Waals surface area contributed by atoms with E-state index in [0.29, 0.717) is 23.0 Å². The summed E-state index contributed by atoms with van der Waals surface area (Å²) in [5.41, 5.74) is 1.18. The average molecular weight is 365 g/mol. The minimum atomic E-state index is -0.238. The first-order chi connectivity index (χ1) is 11.6. The molecule has 0 aromatic heterocycles. The van der Waals surface area contributed by atoms with E-state index in [-0.39, 0.29) is 27.5 Å². The highest BCUT2D eigenvalue weighted by Gasteiger charge is 2.60. The molecule has 0 spiro atoms. The lowest BCUT2D eigenvalue weighted by molar-refractivity contribution is -0.162. The third-order valence-corrected chi connectivity index (χ3v) is 8.18. The Morgan fingerprint density at radius 1 is 1.08 bits per heavy atom. The van der Waals surface area contributed by atoms with Crippen LogP contribution in [0.3, 0.4) is 0 Å².